The Bertz CT molecular complexity index is 1150. The molecule has 0 radical (unpaired) electrons. The minimum atomic E-state index is -1.43. The second kappa shape index (κ2) is 13.3. The molecular formula is C32H45N3O6. The molecule has 1 amide bonds. The van der Waals surface area contributed by atoms with Crippen LogP contribution in [0.25, 0.3) is 0 Å². The highest BCUT2D eigenvalue weighted by molar-refractivity contribution is 5.70. The van der Waals surface area contributed by atoms with Crippen molar-refractivity contribution in [3.8, 4) is 0 Å². The Morgan fingerprint density at radius 3 is 2.71 bits per heavy atom. The Morgan fingerprint density at radius 1 is 1.27 bits per heavy atom. The van der Waals surface area contributed by atoms with E-state index in [2.05, 4.69) is 23.9 Å². The largest absolute Gasteiger partial charge is 0.457 e. The summed E-state index contributed by atoms with van der Waals surface area (Å²) in [6.07, 6.45) is 9.27. The minimum Gasteiger partial charge on any atom is -0.457 e. The Labute approximate surface area is 243 Å². The van der Waals surface area contributed by atoms with Crippen molar-refractivity contribution >= 4 is 12.1 Å². The van der Waals surface area contributed by atoms with Gasteiger partial charge >= 0.3 is 12.1 Å². The van der Waals surface area contributed by atoms with E-state index in [0.29, 0.717) is 12.6 Å². The van der Waals surface area contributed by atoms with E-state index < -0.39 is 36.0 Å². The number of aliphatic hydroxyl groups is 2. The van der Waals surface area contributed by atoms with Gasteiger partial charge in [0.15, 0.2) is 6.10 Å². The van der Waals surface area contributed by atoms with E-state index >= 15 is 0 Å². The van der Waals surface area contributed by atoms with Gasteiger partial charge in [-0.1, -0.05) is 44.2 Å². The minimum absolute atomic E-state index is 0.107. The molecule has 4 rings (SSSR count). The summed E-state index contributed by atoms with van der Waals surface area (Å²) >= 11 is 0. The number of hydrogen-bond acceptors (Lipinski definition) is 8. The van der Waals surface area contributed by atoms with E-state index in [0.717, 1.165) is 24.2 Å². The van der Waals surface area contributed by atoms with E-state index in [1.807, 2.05) is 56.4 Å². The normalized spacial score (nSPS) is 35.0. The van der Waals surface area contributed by atoms with Crippen molar-refractivity contribution in [2.45, 2.75) is 95.3 Å². The summed E-state index contributed by atoms with van der Waals surface area (Å²) in [5.74, 6) is -0.684. The van der Waals surface area contributed by atoms with Crippen molar-refractivity contribution in [3.05, 3.63) is 66.0 Å². The molecule has 0 spiro atoms. The van der Waals surface area contributed by atoms with Gasteiger partial charge in [-0.05, 0) is 63.9 Å². The third kappa shape index (κ3) is 7.84. The van der Waals surface area contributed by atoms with Crippen LogP contribution in [-0.4, -0.2) is 93.2 Å². The lowest BCUT2D eigenvalue weighted by atomic mass is 9.88. The second-order valence-corrected chi connectivity index (χ2v) is 12.2. The zero-order valence-electron chi connectivity index (χ0n) is 24.8. The molecule has 0 saturated carbocycles. The third-order valence-corrected chi connectivity index (χ3v) is 8.66. The number of rotatable bonds is 5. The predicted molar refractivity (Wildman–Crippen MR) is 156 cm³/mol. The summed E-state index contributed by atoms with van der Waals surface area (Å²) in [6.45, 7) is 8.90. The van der Waals surface area contributed by atoms with E-state index in [4.69, 9.17) is 9.47 Å². The number of cyclic esters (lactones) is 1. The quantitative estimate of drug-likeness (QED) is 0.312. The average molecular weight is 568 g/mol. The number of aromatic nitrogens is 1. The average Bonchev–Trinajstić information content (AvgIpc) is 3.52. The maximum atomic E-state index is 13.2. The zero-order chi connectivity index (χ0) is 29.7. The van der Waals surface area contributed by atoms with Gasteiger partial charge < -0.3 is 24.6 Å². The van der Waals surface area contributed by atoms with Gasteiger partial charge in [-0.3, -0.25) is 14.7 Å². The molecule has 0 aliphatic carbocycles. The van der Waals surface area contributed by atoms with Crippen LogP contribution in [0.1, 0.15) is 65.0 Å². The van der Waals surface area contributed by atoms with Crippen LogP contribution in [0.2, 0.25) is 0 Å². The number of likely N-dealkylation sites (N-methyl/N-ethyl adjacent to an activating group) is 1. The number of piperazine rings is 1. The van der Waals surface area contributed by atoms with E-state index in [9.17, 15) is 19.8 Å². The molecule has 41 heavy (non-hydrogen) atoms. The van der Waals surface area contributed by atoms with E-state index in [1.165, 1.54) is 0 Å². The number of ether oxygens (including phenoxy) is 2. The van der Waals surface area contributed by atoms with Crippen LogP contribution >= 0.6 is 0 Å². The first-order valence-electron chi connectivity index (χ1n) is 14.7. The Morgan fingerprint density at radius 2 is 2.05 bits per heavy atom. The number of amides is 1. The summed E-state index contributed by atoms with van der Waals surface area (Å²) in [5.41, 5.74) is 0.346. The number of likely N-dealkylation sites (tertiary alicyclic amines) is 2. The number of hydrogen-bond donors (Lipinski definition) is 2. The topological polar surface area (TPSA) is 112 Å². The number of nitrogens with zero attached hydrogens (tertiary/aromatic N) is 3. The fourth-order valence-corrected chi connectivity index (χ4v) is 5.93. The van der Waals surface area contributed by atoms with Gasteiger partial charge in [0.05, 0.1) is 12.5 Å². The maximum absolute atomic E-state index is 13.2. The number of carbonyl (C=O) groups is 2. The fourth-order valence-electron chi connectivity index (χ4n) is 5.93. The molecule has 3 aliphatic heterocycles. The molecule has 2 fully saturated rings. The fraction of sp³-hybridized carbons (Fsp3) is 0.594. The SMILES string of the molecule is C/C(=C\C=C\[C@@H](C)c1ccccn1)[C@H]1OC(=O)C[C@H](O)CC[C@@](C)(O)[C@@H](OC(=O)N2C[C@H]3CC2CN3C)/C=C/[C@@H]1C. The number of pyridine rings is 1. The van der Waals surface area contributed by atoms with Crippen molar-refractivity contribution in [1.29, 1.82) is 0 Å². The monoisotopic (exact) mass is 567 g/mol. The summed E-state index contributed by atoms with van der Waals surface area (Å²) in [4.78, 5) is 34.4. The Kier molecular flexibility index (Phi) is 10.0. The number of aliphatic hydroxyl groups excluding tert-OH is 1. The number of fused-ring (bicyclic) bond motifs is 2. The van der Waals surface area contributed by atoms with Crippen LogP contribution in [-0.2, 0) is 14.3 Å². The summed E-state index contributed by atoms with van der Waals surface area (Å²) in [5, 5.41) is 21.9. The highest BCUT2D eigenvalue weighted by atomic mass is 16.6. The van der Waals surface area contributed by atoms with Gasteiger partial charge in [-0.25, -0.2) is 4.79 Å². The standard InChI is InChI=1S/C32H45N3O6/c1-21(27-11-6-7-16-33-27)9-8-10-22(2)30-23(3)12-13-28(32(4,39)15-14-26(36)18-29(37)41-30)40-31(38)35-20-24-17-25(35)19-34(24)5/h6-13,16,21,23-26,28,30,36,39H,14-15,17-20H2,1-5H3/b9-8+,13-12+,22-10+/t21-,23+,24-,25?,26-,28+,30-,32-/m1/s1. The number of esters is 1. The van der Waals surface area contributed by atoms with Crippen molar-refractivity contribution in [2.24, 2.45) is 5.92 Å². The molecule has 2 N–H and O–H groups in total. The van der Waals surface area contributed by atoms with Crippen molar-refractivity contribution in [1.82, 2.24) is 14.8 Å². The molecule has 0 aromatic carbocycles. The van der Waals surface area contributed by atoms with E-state index in [1.54, 1.807) is 24.1 Å². The molecule has 1 aromatic heterocycles. The van der Waals surface area contributed by atoms with E-state index in [-0.39, 0.29) is 37.1 Å². The van der Waals surface area contributed by atoms with Crippen LogP contribution in [0.5, 0.6) is 0 Å². The highest BCUT2D eigenvalue weighted by Gasteiger charge is 2.45. The smallest absolute Gasteiger partial charge is 0.410 e. The van der Waals surface area contributed by atoms with Gasteiger partial charge in [0.1, 0.15) is 11.7 Å². The van der Waals surface area contributed by atoms with Gasteiger partial charge in [-0.2, -0.15) is 0 Å². The first-order valence-corrected chi connectivity index (χ1v) is 14.7. The summed E-state index contributed by atoms with van der Waals surface area (Å²) in [7, 11) is 2.07. The van der Waals surface area contributed by atoms with Crippen LogP contribution in [0.15, 0.2) is 60.3 Å². The van der Waals surface area contributed by atoms with Crippen molar-refractivity contribution in [3.63, 3.8) is 0 Å². The molecule has 8 atom stereocenters. The molecule has 3 aliphatic rings. The van der Waals surface area contributed by atoms with Crippen molar-refractivity contribution < 1.29 is 29.3 Å². The molecule has 9 nitrogen and oxygen atoms in total. The maximum Gasteiger partial charge on any atom is 0.410 e. The van der Waals surface area contributed by atoms with Gasteiger partial charge in [0, 0.05) is 48.9 Å². The molecule has 1 aromatic rings. The van der Waals surface area contributed by atoms with Crippen LogP contribution in [0, 0.1) is 5.92 Å². The van der Waals surface area contributed by atoms with Gasteiger partial charge in [0.2, 0.25) is 0 Å². The van der Waals surface area contributed by atoms with Crippen LogP contribution in [0.3, 0.4) is 0 Å². The lowest BCUT2D eigenvalue weighted by molar-refractivity contribution is -0.151. The molecule has 9 heteroatoms. The molecule has 1 unspecified atom stereocenters. The molecular weight excluding hydrogens is 522 g/mol. The summed E-state index contributed by atoms with van der Waals surface area (Å²) in [6, 6.07) is 6.26. The van der Waals surface area contributed by atoms with Gasteiger partial charge in [0.25, 0.3) is 0 Å². The predicted octanol–water partition coefficient (Wildman–Crippen LogP) is 3.98. The van der Waals surface area contributed by atoms with Crippen LogP contribution in [0.4, 0.5) is 4.79 Å². The van der Waals surface area contributed by atoms with Crippen molar-refractivity contribution in [2.75, 3.05) is 20.1 Å². The number of carbonyl (C=O) groups excluding carboxylic acids is 2. The Balaban J connectivity index is 1.52. The molecule has 2 saturated heterocycles. The second-order valence-electron chi connectivity index (χ2n) is 12.2. The first kappa shape index (κ1) is 30.9. The first-order chi connectivity index (χ1) is 19.4. The zero-order valence-corrected chi connectivity index (χ0v) is 24.8. The molecule has 4 heterocycles. The van der Waals surface area contributed by atoms with Gasteiger partial charge in [-0.15, -0.1) is 0 Å². The summed E-state index contributed by atoms with van der Waals surface area (Å²) < 4.78 is 11.8. The highest BCUT2D eigenvalue weighted by Crippen LogP contribution is 2.32. The number of allylic oxidation sites excluding steroid dienone is 3. The molecule has 2 bridgehead atoms. The van der Waals surface area contributed by atoms with Crippen LogP contribution < -0.4 is 0 Å². The molecule has 224 valence electrons. The Hall–Kier alpha value is -3.01. The third-order valence-electron chi connectivity index (χ3n) is 8.66. The lowest BCUT2D eigenvalue weighted by Gasteiger charge is -2.36. The lowest BCUT2D eigenvalue weighted by Crippen LogP contribution is -2.50.